The number of benzene rings is 1. The van der Waals surface area contributed by atoms with Crippen LogP contribution in [0.25, 0.3) is 0 Å². The highest BCUT2D eigenvalue weighted by molar-refractivity contribution is 6.00. The molecule has 3 rings (SSSR count). The van der Waals surface area contributed by atoms with Crippen molar-refractivity contribution < 1.29 is 22.7 Å². The summed E-state index contributed by atoms with van der Waals surface area (Å²) in [5, 5.41) is 0. The molecule has 1 amide bonds. The number of alkyl halides is 3. The second-order valence-electron chi connectivity index (χ2n) is 4.08. The van der Waals surface area contributed by atoms with Crippen molar-refractivity contribution in [2.75, 3.05) is 4.90 Å². The quantitative estimate of drug-likeness (QED) is 0.700. The highest BCUT2D eigenvalue weighted by Gasteiger charge is 2.69. The van der Waals surface area contributed by atoms with Gasteiger partial charge in [0.25, 0.3) is 5.72 Å². The molecule has 0 spiro atoms. The van der Waals surface area contributed by atoms with Gasteiger partial charge in [-0.2, -0.15) is 13.2 Å². The largest absolute Gasteiger partial charge is 0.455 e. The Morgan fingerprint density at radius 3 is 2.71 bits per heavy atom. The van der Waals surface area contributed by atoms with E-state index in [1.54, 1.807) is 12.1 Å². The van der Waals surface area contributed by atoms with Gasteiger partial charge in [0, 0.05) is 12.8 Å². The van der Waals surface area contributed by atoms with E-state index in [2.05, 4.69) is 0 Å². The van der Waals surface area contributed by atoms with Crippen LogP contribution >= 0.6 is 0 Å². The third kappa shape index (κ3) is 1.15. The predicted octanol–water partition coefficient (Wildman–Crippen LogP) is 2.46. The summed E-state index contributed by atoms with van der Waals surface area (Å²) in [6, 6.07) is 6.07. The van der Waals surface area contributed by atoms with Crippen LogP contribution in [-0.2, 0) is 4.79 Å². The Hall–Kier alpha value is -1.72. The highest BCUT2D eigenvalue weighted by Crippen LogP contribution is 2.54. The maximum absolute atomic E-state index is 13.1. The summed E-state index contributed by atoms with van der Waals surface area (Å²) in [4.78, 5) is 12.4. The third-order valence-electron chi connectivity index (χ3n) is 3.12. The zero-order valence-electron chi connectivity index (χ0n) is 8.62. The van der Waals surface area contributed by atoms with Crippen LogP contribution < -0.4 is 9.64 Å². The molecule has 1 aromatic rings. The Kier molecular flexibility index (Phi) is 1.80. The van der Waals surface area contributed by atoms with E-state index in [1.165, 1.54) is 12.1 Å². The van der Waals surface area contributed by atoms with Crippen LogP contribution in [0.1, 0.15) is 12.8 Å². The van der Waals surface area contributed by atoms with Crippen LogP contribution in [-0.4, -0.2) is 17.8 Å². The average molecular weight is 243 g/mol. The minimum atomic E-state index is -4.60. The lowest BCUT2D eigenvalue weighted by Crippen LogP contribution is -2.57. The Labute approximate surface area is 94.8 Å². The molecule has 1 saturated heterocycles. The predicted molar refractivity (Wildman–Crippen MR) is 52.6 cm³/mol. The first-order valence-corrected chi connectivity index (χ1v) is 5.13. The summed E-state index contributed by atoms with van der Waals surface area (Å²) in [5.41, 5.74) is -2.29. The molecule has 0 radical (unpaired) electrons. The number of hydrogen-bond acceptors (Lipinski definition) is 2. The van der Waals surface area contributed by atoms with Crippen molar-refractivity contribution in [3.05, 3.63) is 24.3 Å². The molecule has 0 aromatic heterocycles. The number of halogens is 3. The van der Waals surface area contributed by atoms with Gasteiger partial charge < -0.3 is 4.74 Å². The fourth-order valence-corrected chi connectivity index (χ4v) is 2.36. The molecule has 1 atom stereocenters. The minimum Gasteiger partial charge on any atom is -0.455 e. The normalized spacial score (nSPS) is 26.8. The lowest BCUT2D eigenvalue weighted by molar-refractivity contribution is -0.238. The fourth-order valence-electron chi connectivity index (χ4n) is 2.36. The van der Waals surface area contributed by atoms with E-state index in [1.807, 2.05) is 0 Å². The Bertz CT molecular complexity index is 500. The van der Waals surface area contributed by atoms with Gasteiger partial charge in [-0.15, -0.1) is 0 Å². The SMILES string of the molecule is O=C1CC[C@@]2(C(F)(F)F)Oc3ccccc3N12. The second kappa shape index (κ2) is 2.94. The molecule has 1 fully saturated rings. The summed E-state index contributed by atoms with van der Waals surface area (Å²) < 4.78 is 44.4. The molecular weight excluding hydrogens is 235 g/mol. The van der Waals surface area contributed by atoms with E-state index in [4.69, 9.17) is 4.74 Å². The van der Waals surface area contributed by atoms with Gasteiger partial charge in [0.05, 0.1) is 5.69 Å². The molecule has 1 aromatic carbocycles. The average Bonchev–Trinajstić information content (AvgIpc) is 2.75. The first-order valence-electron chi connectivity index (χ1n) is 5.13. The van der Waals surface area contributed by atoms with Crippen molar-refractivity contribution in [1.82, 2.24) is 0 Å². The highest BCUT2D eigenvalue weighted by atomic mass is 19.4. The van der Waals surface area contributed by atoms with E-state index >= 15 is 0 Å². The van der Waals surface area contributed by atoms with Gasteiger partial charge in [0.1, 0.15) is 5.75 Å². The van der Waals surface area contributed by atoms with Crippen LogP contribution in [0.5, 0.6) is 5.75 Å². The summed E-state index contributed by atoms with van der Waals surface area (Å²) in [7, 11) is 0. The lowest BCUT2D eigenvalue weighted by Gasteiger charge is -2.32. The number of fused-ring (bicyclic) bond motifs is 3. The van der Waals surface area contributed by atoms with Crippen LogP contribution in [0.4, 0.5) is 18.9 Å². The minimum absolute atomic E-state index is 0.109. The Balaban J connectivity index is 2.18. The van der Waals surface area contributed by atoms with Crippen molar-refractivity contribution >= 4 is 11.6 Å². The summed E-state index contributed by atoms with van der Waals surface area (Å²) in [5.74, 6) is -0.440. The smallest absolute Gasteiger partial charge is 0.449 e. The zero-order valence-corrected chi connectivity index (χ0v) is 8.62. The second-order valence-corrected chi connectivity index (χ2v) is 4.08. The lowest BCUT2D eigenvalue weighted by atomic mass is 10.1. The Morgan fingerprint density at radius 1 is 1.29 bits per heavy atom. The number of carbonyl (C=O) groups excluding carboxylic acids is 1. The molecule has 2 heterocycles. The first kappa shape index (κ1) is 10.4. The zero-order chi connectivity index (χ0) is 12.3. The van der Waals surface area contributed by atoms with E-state index in [-0.39, 0.29) is 24.3 Å². The van der Waals surface area contributed by atoms with Gasteiger partial charge in [-0.05, 0) is 12.1 Å². The monoisotopic (exact) mass is 243 g/mol. The molecule has 90 valence electrons. The van der Waals surface area contributed by atoms with Crippen molar-refractivity contribution in [3.63, 3.8) is 0 Å². The molecule has 17 heavy (non-hydrogen) atoms. The van der Waals surface area contributed by atoms with Gasteiger partial charge in [-0.25, -0.2) is 0 Å². The summed E-state index contributed by atoms with van der Waals surface area (Å²) >= 11 is 0. The van der Waals surface area contributed by atoms with Gasteiger partial charge >= 0.3 is 6.18 Å². The molecule has 0 saturated carbocycles. The topological polar surface area (TPSA) is 29.5 Å². The number of anilines is 1. The van der Waals surface area contributed by atoms with Crippen molar-refractivity contribution in [1.29, 1.82) is 0 Å². The van der Waals surface area contributed by atoms with Crippen molar-refractivity contribution in [3.8, 4) is 5.75 Å². The number of hydrogen-bond donors (Lipinski definition) is 0. The van der Waals surface area contributed by atoms with Crippen molar-refractivity contribution in [2.45, 2.75) is 24.7 Å². The molecule has 0 bridgehead atoms. The van der Waals surface area contributed by atoms with Crippen molar-refractivity contribution in [2.24, 2.45) is 0 Å². The maximum Gasteiger partial charge on any atom is 0.449 e. The molecule has 2 aliphatic rings. The molecule has 6 heteroatoms. The van der Waals surface area contributed by atoms with Crippen LogP contribution in [0.3, 0.4) is 0 Å². The number of nitrogens with zero attached hydrogens (tertiary/aromatic N) is 1. The first-order chi connectivity index (χ1) is 7.96. The summed E-state index contributed by atoms with van der Waals surface area (Å²) in [6.45, 7) is 0. The number of carbonyl (C=O) groups is 1. The molecule has 2 aliphatic heterocycles. The van der Waals surface area contributed by atoms with E-state index in [9.17, 15) is 18.0 Å². The maximum atomic E-state index is 13.1. The fraction of sp³-hybridized carbons (Fsp3) is 0.364. The third-order valence-corrected chi connectivity index (χ3v) is 3.12. The van der Waals surface area contributed by atoms with Crippen LogP contribution in [0.15, 0.2) is 24.3 Å². The van der Waals surface area contributed by atoms with Gasteiger partial charge in [0.15, 0.2) is 0 Å². The number of amides is 1. The van der Waals surface area contributed by atoms with E-state index in [0.29, 0.717) is 0 Å². The molecular formula is C11H8F3NO2. The Morgan fingerprint density at radius 2 is 2.00 bits per heavy atom. The summed E-state index contributed by atoms with van der Waals surface area (Å²) in [6.07, 6.45) is -5.10. The van der Waals surface area contributed by atoms with E-state index in [0.717, 1.165) is 4.90 Å². The molecule has 0 unspecified atom stereocenters. The van der Waals surface area contributed by atoms with Gasteiger partial charge in [-0.1, -0.05) is 12.1 Å². The number of ether oxygens (including phenoxy) is 1. The molecule has 0 N–H and O–H groups in total. The standard InChI is InChI=1S/C11H8F3NO2/c12-11(13,14)10-6-5-9(16)15(10)7-3-1-2-4-8(7)17-10/h1-4H,5-6H2/t10-/m0/s1. The van der Waals surface area contributed by atoms with Gasteiger partial charge in [0.2, 0.25) is 5.91 Å². The molecule has 0 aliphatic carbocycles. The van der Waals surface area contributed by atoms with Crippen LogP contribution in [0, 0.1) is 0 Å². The molecule has 3 nitrogen and oxygen atoms in total. The van der Waals surface area contributed by atoms with Gasteiger partial charge in [-0.3, -0.25) is 9.69 Å². The number of rotatable bonds is 0. The number of para-hydroxylation sites is 2. The van der Waals surface area contributed by atoms with Crippen LogP contribution in [0.2, 0.25) is 0 Å². The van der Waals surface area contributed by atoms with E-state index < -0.39 is 17.8 Å².